The van der Waals surface area contributed by atoms with Gasteiger partial charge < -0.3 is 0 Å². The van der Waals surface area contributed by atoms with Gasteiger partial charge in [0, 0.05) is 10.7 Å². The van der Waals surface area contributed by atoms with E-state index >= 15 is 0 Å². The highest BCUT2D eigenvalue weighted by molar-refractivity contribution is 7.81. The molecule has 0 N–H and O–H groups in total. The molecule has 0 bridgehead atoms. The molecular formula is C19H22S. The predicted molar refractivity (Wildman–Crippen MR) is 89.3 cm³/mol. The second-order valence-electron chi connectivity index (χ2n) is 6.52. The van der Waals surface area contributed by atoms with Crippen molar-refractivity contribution in [1.29, 1.82) is 0 Å². The van der Waals surface area contributed by atoms with Crippen LogP contribution in [0.15, 0.2) is 60.7 Å². The molecule has 0 radical (unpaired) electrons. The summed E-state index contributed by atoms with van der Waals surface area (Å²) in [5.74, 6) is 0.476. The van der Waals surface area contributed by atoms with Crippen molar-refractivity contribution in [1.82, 2.24) is 0 Å². The van der Waals surface area contributed by atoms with E-state index in [-0.39, 0.29) is 10.2 Å². The van der Waals surface area contributed by atoms with E-state index in [0.29, 0.717) is 5.92 Å². The summed E-state index contributed by atoms with van der Waals surface area (Å²) in [5.41, 5.74) is 2.95. The third-order valence-electron chi connectivity index (χ3n) is 5.01. The molecule has 1 saturated carbocycles. The first kappa shape index (κ1) is 13.8. The van der Waals surface area contributed by atoms with Gasteiger partial charge in [-0.2, -0.15) is 12.6 Å². The molecule has 2 aromatic rings. The van der Waals surface area contributed by atoms with Crippen LogP contribution < -0.4 is 0 Å². The van der Waals surface area contributed by atoms with Crippen molar-refractivity contribution < 1.29 is 0 Å². The molecule has 0 aromatic heterocycles. The van der Waals surface area contributed by atoms with Crippen LogP contribution in [0.2, 0.25) is 0 Å². The van der Waals surface area contributed by atoms with E-state index in [1.807, 2.05) is 0 Å². The zero-order chi connectivity index (χ0) is 14.2. The zero-order valence-electron chi connectivity index (χ0n) is 12.2. The van der Waals surface area contributed by atoms with Gasteiger partial charge in [-0.1, -0.05) is 74.5 Å². The second kappa shape index (κ2) is 4.96. The fraction of sp³-hybridized carbons (Fsp3) is 0.368. The molecule has 3 rings (SSSR count). The first-order chi connectivity index (χ1) is 9.56. The van der Waals surface area contributed by atoms with Crippen molar-refractivity contribution in [3.8, 4) is 0 Å². The van der Waals surface area contributed by atoms with E-state index in [4.69, 9.17) is 12.6 Å². The number of rotatable bonds is 2. The SMILES string of the molecule is CC1(C)CCC(c2ccccc2)C1(S)c1ccccc1. The maximum absolute atomic E-state index is 5.26. The number of hydrogen-bond donors (Lipinski definition) is 1. The molecule has 0 heterocycles. The molecule has 0 aliphatic heterocycles. The normalized spacial score (nSPS) is 28.4. The summed E-state index contributed by atoms with van der Waals surface area (Å²) in [6.07, 6.45) is 2.42. The van der Waals surface area contributed by atoms with Gasteiger partial charge in [0.2, 0.25) is 0 Å². The Labute approximate surface area is 127 Å². The quantitative estimate of drug-likeness (QED) is 0.699. The Bertz CT molecular complexity index is 573. The van der Waals surface area contributed by atoms with E-state index < -0.39 is 0 Å². The zero-order valence-corrected chi connectivity index (χ0v) is 13.1. The van der Waals surface area contributed by atoms with Crippen LogP contribution in [0.4, 0.5) is 0 Å². The average Bonchev–Trinajstić information content (AvgIpc) is 2.73. The Kier molecular flexibility index (Phi) is 3.41. The third-order valence-corrected chi connectivity index (χ3v) is 6.19. The first-order valence-electron chi connectivity index (χ1n) is 7.38. The Morgan fingerprint density at radius 3 is 2.05 bits per heavy atom. The Balaban J connectivity index is 2.12. The van der Waals surface area contributed by atoms with Gasteiger partial charge in [-0.3, -0.25) is 0 Å². The van der Waals surface area contributed by atoms with Crippen molar-refractivity contribution in [3.05, 3.63) is 71.8 Å². The van der Waals surface area contributed by atoms with Crippen molar-refractivity contribution in [2.45, 2.75) is 37.4 Å². The molecule has 0 saturated heterocycles. The van der Waals surface area contributed by atoms with Gasteiger partial charge in [0.15, 0.2) is 0 Å². The van der Waals surface area contributed by atoms with Crippen LogP contribution in [0.3, 0.4) is 0 Å². The molecule has 1 aliphatic rings. The Hall–Kier alpha value is -1.21. The van der Waals surface area contributed by atoms with Gasteiger partial charge in [-0.15, -0.1) is 0 Å². The van der Waals surface area contributed by atoms with Crippen LogP contribution in [0, 0.1) is 5.41 Å². The minimum absolute atomic E-state index is 0.102. The summed E-state index contributed by atoms with van der Waals surface area (Å²) >= 11 is 5.26. The van der Waals surface area contributed by atoms with Gasteiger partial charge in [0.05, 0.1) is 0 Å². The lowest BCUT2D eigenvalue weighted by molar-refractivity contribution is 0.290. The monoisotopic (exact) mass is 282 g/mol. The van der Waals surface area contributed by atoms with Crippen LogP contribution in [0.25, 0.3) is 0 Å². The fourth-order valence-electron chi connectivity index (χ4n) is 3.75. The maximum Gasteiger partial charge on any atom is 0.0497 e. The molecule has 1 heteroatoms. The Morgan fingerprint density at radius 1 is 0.900 bits per heavy atom. The molecule has 20 heavy (non-hydrogen) atoms. The lowest BCUT2D eigenvalue weighted by Gasteiger charge is -2.42. The lowest BCUT2D eigenvalue weighted by atomic mass is 9.71. The molecular weight excluding hydrogens is 260 g/mol. The topological polar surface area (TPSA) is 0 Å². The molecule has 0 spiro atoms. The van der Waals surface area contributed by atoms with Crippen molar-refractivity contribution >= 4 is 12.6 Å². The lowest BCUT2D eigenvalue weighted by Crippen LogP contribution is -2.36. The van der Waals surface area contributed by atoms with Gasteiger partial charge in [-0.05, 0) is 29.4 Å². The summed E-state index contributed by atoms with van der Waals surface area (Å²) in [6.45, 7) is 4.71. The van der Waals surface area contributed by atoms with Crippen LogP contribution in [0.5, 0.6) is 0 Å². The van der Waals surface area contributed by atoms with E-state index in [2.05, 4.69) is 74.5 Å². The largest absolute Gasteiger partial charge is 0.166 e. The Morgan fingerprint density at radius 2 is 1.45 bits per heavy atom. The fourth-order valence-corrected chi connectivity index (χ4v) is 4.29. The highest BCUT2D eigenvalue weighted by Crippen LogP contribution is 2.63. The van der Waals surface area contributed by atoms with Crippen molar-refractivity contribution in [2.24, 2.45) is 5.41 Å². The summed E-state index contributed by atoms with van der Waals surface area (Å²) in [4.78, 5) is 0. The minimum Gasteiger partial charge on any atom is -0.166 e. The average molecular weight is 282 g/mol. The first-order valence-corrected chi connectivity index (χ1v) is 7.83. The van der Waals surface area contributed by atoms with E-state index in [9.17, 15) is 0 Å². The molecule has 2 aromatic carbocycles. The predicted octanol–water partition coefficient (Wildman–Crippen LogP) is 5.42. The molecule has 2 unspecified atom stereocenters. The molecule has 0 amide bonds. The van der Waals surface area contributed by atoms with Crippen LogP contribution in [-0.2, 0) is 4.75 Å². The van der Waals surface area contributed by atoms with Crippen LogP contribution in [0.1, 0.15) is 43.7 Å². The van der Waals surface area contributed by atoms with Crippen LogP contribution >= 0.6 is 12.6 Å². The summed E-state index contributed by atoms with van der Waals surface area (Å²) in [6, 6.07) is 21.7. The van der Waals surface area contributed by atoms with E-state index in [1.54, 1.807) is 0 Å². The van der Waals surface area contributed by atoms with E-state index in [1.165, 1.54) is 24.0 Å². The van der Waals surface area contributed by atoms with Crippen molar-refractivity contribution in [2.75, 3.05) is 0 Å². The van der Waals surface area contributed by atoms with Gasteiger partial charge >= 0.3 is 0 Å². The number of thiol groups is 1. The second-order valence-corrected chi connectivity index (χ2v) is 7.22. The number of benzene rings is 2. The van der Waals surface area contributed by atoms with Gasteiger partial charge in [-0.25, -0.2) is 0 Å². The molecule has 1 fully saturated rings. The molecule has 2 atom stereocenters. The maximum atomic E-state index is 5.26. The molecule has 1 aliphatic carbocycles. The summed E-state index contributed by atoms with van der Waals surface area (Å²) in [7, 11) is 0. The van der Waals surface area contributed by atoms with Crippen LogP contribution in [-0.4, -0.2) is 0 Å². The minimum atomic E-state index is -0.102. The van der Waals surface area contributed by atoms with Crippen molar-refractivity contribution in [3.63, 3.8) is 0 Å². The van der Waals surface area contributed by atoms with Gasteiger partial charge in [0.1, 0.15) is 0 Å². The smallest absolute Gasteiger partial charge is 0.0497 e. The summed E-state index contributed by atoms with van der Waals surface area (Å²) in [5, 5.41) is 0. The number of hydrogen-bond acceptors (Lipinski definition) is 1. The standard InChI is InChI=1S/C19H22S/c1-18(2)14-13-17(15-9-5-3-6-10-15)19(18,20)16-11-7-4-8-12-16/h3-12,17,20H,13-14H2,1-2H3. The highest BCUT2D eigenvalue weighted by atomic mass is 32.1. The van der Waals surface area contributed by atoms with Gasteiger partial charge in [0.25, 0.3) is 0 Å². The van der Waals surface area contributed by atoms with E-state index in [0.717, 1.165) is 0 Å². The molecule has 0 nitrogen and oxygen atoms in total. The summed E-state index contributed by atoms with van der Waals surface area (Å²) < 4.78 is -0.102. The third kappa shape index (κ3) is 2.00. The highest BCUT2D eigenvalue weighted by Gasteiger charge is 2.54. The molecule has 104 valence electrons.